The first-order valence-electron chi connectivity index (χ1n) is 3.21. The molecule has 0 unspecified atom stereocenters. The van der Waals surface area contributed by atoms with Crippen molar-refractivity contribution in [3.63, 3.8) is 0 Å². The van der Waals surface area contributed by atoms with E-state index in [1.54, 1.807) is 0 Å². The first-order chi connectivity index (χ1) is 5.04. The summed E-state index contributed by atoms with van der Waals surface area (Å²) < 4.78 is 0. The molecule has 0 aliphatic heterocycles. The number of carbonyl (C=O) groups excluding carboxylic acids is 1. The van der Waals surface area contributed by atoms with E-state index in [9.17, 15) is 4.79 Å². The Balaban J connectivity index is 0. The van der Waals surface area contributed by atoms with Gasteiger partial charge in [0.1, 0.15) is 0 Å². The van der Waals surface area contributed by atoms with Gasteiger partial charge in [-0.1, -0.05) is 13.8 Å². The van der Waals surface area contributed by atoms with Gasteiger partial charge < -0.3 is 11.7 Å². The number of carbonyl (C=O) groups is 1. The topological polar surface area (TPSA) is 17.1 Å². The molecule has 11 heavy (non-hydrogen) atoms. The van der Waals surface area contributed by atoms with Crippen LogP contribution in [-0.2, 0) is 20.7 Å². The number of Topliss-reactive ketones (excluding diaryl/α,β-unsaturated/α-hetero) is 1. The quantitative estimate of drug-likeness (QED) is 0.576. The normalized spacial score (nSPS) is 9.18. The second kappa shape index (κ2) is 10.8. The Morgan fingerprint density at radius 2 is 1.91 bits per heavy atom. The van der Waals surface area contributed by atoms with Gasteiger partial charge >= 0.3 is 35.0 Å². The van der Waals surface area contributed by atoms with Crippen LogP contribution >= 0.6 is 19.1 Å². The molecule has 0 aromatic rings. The third-order valence-corrected chi connectivity index (χ3v) is 1.00. The van der Waals surface area contributed by atoms with E-state index in [0.29, 0.717) is 12.3 Å². The Bertz CT molecular complexity index is 96.4. The van der Waals surface area contributed by atoms with Gasteiger partial charge in [0.05, 0.1) is 0 Å². The van der Waals surface area contributed by atoms with E-state index in [2.05, 4.69) is 20.8 Å². The molecule has 0 N–H and O–H groups in total. The number of ketones is 1. The molecule has 0 heterocycles. The third-order valence-electron chi connectivity index (χ3n) is 1.00. The molecular formula is C7H13Cl2OPd-. The standard InChI is InChI=1S/C7H13O.2ClH.Pd/c1-6(2)4-5-7(3)8;;;/h6H,3-5H2,1-2H3;2*1H;/q-1;;;+2/p-2. The van der Waals surface area contributed by atoms with Crippen LogP contribution in [0.1, 0.15) is 26.7 Å². The Labute approximate surface area is 84.9 Å². The van der Waals surface area contributed by atoms with Crippen molar-refractivity contribution >= 4 is 24.8 Å². The van der Waals surface area contributed by atoms with Crippen molar-refractivity contribution in [1.29, 1.82) is 0 Å². The van der Waals surface area contributed by atoms with Crippen molar-refractivity contribution in [2.75, 3.05) is 0 Å². The Morgan fingerprint density at radius 1 is 1.55 bits per heavy atom. The summed E-state index contributed by atoms with van der Waals surface area (Å²) in [5.74, 6) is 0.680. The summed E-state index contributed by atoms with van der Waals surface area (Å²) in [6.07, 6.45) is 1.61. The van der Waals surface area contributed by atoms with Crippen LogP contribution in [-0.4, -0.2) is 5.78 Å². The van der Waals surface area contributed by atoms with Crippen LogP contribution in [0.3, 0.4) is 0 Å². The fourth-order valence-electron chi connectivity index (χ4n) is 0.450. The van der Waals surface area contributed by atoms with Crippen LogP contribution in [0.2, 0.25) is 0 Å². The van der Waals surface area contributed by atoms with Crippen molar-refractivity contribution in [3.8, 4) is 0 Å². The van der Waals surface area contributed by atoms with Crippen LogP contribution < -0.4 is 0 Å². The van der Waals surface area contributed by atoms with Gasteiger partial charge in [0.25, 0.3) is 0 Å². The summed E-state index contributed by atoms with van der Waals surface area (Å²) in [4.78, 5) is 10.2. The Morgan fingerprint density at radius 3 is 2.00 bits per heavy atom. The molecule has 0 atom stereocenters. The molecule has 0 aliphatic rings. The predicted octanol–water partition coefficient (Wildman–Crippen LogP) is 3.20. The predicted molar refractivity (Wildman–Crippen MR) is 46.1 cm³/mol. The van der Waals surface area contributed by atoms with Gasteiger partial charge in [0.15, 0.2) is 0 Å². The first kappa shape index (κ1) is 14.3. The summed E-state index contributed by atoms with van der Waals surface area (Å²) in [7, 11) is 9.63. The molecule has 0 saturated heterocycles. The molecule has 0 spiro atoms. The second-order valence-corrected chi connectivity index (χ2v) is 4.88. The van der Waals surface area contributed by atoms with Gasteiger partial charge in [-0.15, -0.1) is 0 Å². The van der Waals surface area contributed by atoms with Gasteiger partial charge in [0.2, 0.25) is 0 Å². The third kappa shape index (κ3) is 24.9. The van der Waals surface area contributed by atoms with Crippen LogP contribution in [0, 0.1) is 12.8 Å². The van der Waals surface area contributed by atoms with Crippen molar-refractivity contribution in [3.05, 3.63) is 6.92 Å². The van der Waals surface area contributed by atoms with Crippen LogP contribution in [0.25, 0.3) is 0 Å². The maximum absolute atomic E-state index is 10.2. The van der Waals surface area contributed by atoms with Crippen LogP contribution in [0.5, 0.6) is 0 Å². The molecule has 72 valence electrons. The number of hydrogen-bond donors (Lipinski definition) is 0. The zero-order valence-corrected chi connectivity index (χ0v) is 9.75. The summed E-state index contributed by atoms with van der Waals surface area (Å²) in [5, 5.41) is 0. The fraction of sp³-hybridized carbons (Fsp3) is 0.714. The van der Waals surface area contributed by atoms with Crippen molar-refractivity contribution in [1.82, 2.24) is 0 Å². The van der Waals surface area contributed by atoms with E-state index in [0.717, 1.165) is 6.42 Å². The van der Waals surface area contributed by atoms with Crippen molar-refractivity contribution in [2.45, 2.75) is 26.7 Å². The van der Waals surface area contributed by atoms with Crippen LogP contribution in [0.15, 0.2) is 0 Å². The zero-order chi connectivity index (χ0) is 9.28. The molecule has 0 aromatic carbocycles. The summed E-state index contributed by atoms with van der Waals surface area (Å²) in [6.45, 7) is 7.47. The number of hydrogen-bond acceptors (Lipinski definition) is 1. The average molecular weight is 291 g/mol. The van der Waals surface area contributed by atoms with Gasteiger partial charge in [-0.3, -0.25) is 0 Å². The monoisotopic (exact) mass is 289 g/mol. The molecule has 0 radical (unpaired) electrons. The van der Waals surface area contributed by atoms with E-state index >= 15 is 0 Å². The minimum atomic E-state index is -0.106. The molecule has 0 aliphatic carbocycles. The van der Waals surface area contributed by atoms with E-state index in [4.69, 9.17) is 19.1 Å². The molecular weight excluding hydrogens is 277 g/mol. The summed E-state index contributed by atoms with van der Waals surface area (Å²) in [5.41, 5.74) is 0. The molecule has 0 aromatic heterocycles. The summed E-state index contributed by atoms with van der Waals surface area (Å²) in [6, 6.07) is 0. The van der Waals surface area contributed by atoms with Gasteiger partial charge in [-0.2, -0.15) is 0 Å². The van der Waals surface area contributed by atoms with Gasteiger partial charge in [-0.05, 0) is 24.5 Å². The molecule has 4 heteroatoms. The Kier molecular flexibility index (Phi) is 14.0. The second-order valence-electron chi connectivity index (χ2n) is 2.52. The van der Waals surface area contributed by atoms with Gasteiger partial charge in [-0.25, -0.2) is 0 Å². The van der Waals surface area contributed by atoms with Crippen LogP contribution in [0.4, 0.5) is 0 Å². The molecule has 1 nitrogen and oxygen atoms in total. The zero-order valence-electron chi connectivity index (χ0n) is 6.68. The Hall–Kier alpha value is 0.782. The molecule has 0 rings (SSSR count). The maximum atomic E-state index is 10.2. The first-order valence-corrected chi connectivity index (χ1v) is 7.22. The van der Waals surface area contributed by atoms with E-state index in [1.807, 2.05) is 0 Å². The molecule has 0 saturated carbocycles. The van der Waals surface area contributed by atoms with E-state index in [-0.39, 0.29) is 21.7 Å². The fourth-order valence-corrected chi connectivity index (χ4v) is 0.450. The molecule has 0 fully saturated rings. The SMILES string of the molecule is [CH2-]C(=O)CCC(C)C.[Cl][Pd][Cl]. The van der Waals surface area contributed by atoms with Crippen molar-refractivity contribution < 1.29 is 20.7 Å². The molecule has 0 bridgehead atoms. The van der Waals surface area contributed by atoms with Gasteiger partial charge in [0, 0.05) is 0 Å². The number of halogens is 2. The minimum absolute atomic E-state index is 0.0544. The number of rotatable bonds is 3. The van der Waals surface area contributed by atoms with E-state index in [1.165, 1.54) is 0 Å². The van der Waals surface area contributed by atoms with E-state index < -0.39 is 0 Å². The summed E-state index contributed by atoms with van der Waals surface area (Å²) >= 11 is -0.106. The average Bonchev–Trinajstić information content (AvgIpc) is 1.85. The van der Waals surface area contributed by atoms with Crippen molar-refractivity contribution in [2.24, 2.45) is 5.92 Å². The molecule has 0 amide bonds.